The lowest BCUT2D eigenvalue weighted by Gasteiger charge is -2.30. The second kappa shape index (κ2) is 8.55. The molecule has 1 aromatic carbocycles. The molecule has 166 valence electrons. The van der Waals surface area contributed by atoms with Gasteiger partial charge in [0.15, 0.2) is 0 Å². The third-order valence-corrected chi connectivity index (χ3v) is 8.20. The van der Waals surface area contributed by atoms with E-state index in [1.165, 1.54) is 31.2 Å². The molecule has 1 aromatic heterocycles. The number of rotatable bonds is 6. The van der Waals surface area contributed by atoms with Gasteiger partial charge in [0.1, 0.15) is 5.75 Å². The van der Waals surface area contributed by atoms with Gasteiger partial charge in [-0.1, -0.05) is 25.0 Å². The summed E-state index contributed by atoms with van der Waals surface area (Å²) in [6, 6.07) is 8.89. The highest BCUT2D eigenvalue weighted by Crippen LogP contribution is 2.51. The van der Waals surface area contributed by atoms with E-state index in [0.717, 1.165) is 43.4 Å². The fourth-order valence-corrected chi connectivity index (χ4v) is 6.75. The van der Waals surface area contributed by atoms with E-state index in [9.17, 15) is 4.79 Å². The Hall–Kier alpha value is -1.92. The lowest BCUT2D eigenvalue weighted by atomic mass is 9.77. The van der Waals surface area contributed by atoms with Crippen LogP contribution in [0, 0.1) is 5.41 Å². The van der Waals surface area contributed by atoms with Gasteiger partial charge in [0.05, 0.1) is 16.5 Å². The molecular formula is C25H33N3O2S. The van der Waals surface area contributed by atoms with Gasteiger partial charge in [-0.05, 0) is 50.8 Å². The predicted octanol–water partition coefficient (Wildman–Crippen LogP) is 4.69. The van der Waals surface area contributed by atoms with Crippen molar-refractivity contribution in [3.8, 4) is 5.75 Å². The SMILES string of the molecule is CC(C)Oc1ccc(CN2C[C@@H](c3nccs3)[C@@]3(CCN(C4CCCC4)C3=O)C2)cc1. The Kier molecular flexibility index (Phi) is 5.78. The van der Waals surface area contributed by atoms with Crippen LogP contribution in [0.25, 0.3) is 0 Å². The molecule has 6 heteroatoms. The molecule has 3 aliphatic rings. The molecule has 5 rings (SSSR count). The van der Waals surface area contributed by atoms with Gasteiger partial charge in [-0.25, -0.2) is 4.98 Å². The van der Waals surface area contributed by atoms with Crippen molar-refractivity contribution in [1.29, 1.82) is 0 Å². The van der Waals surface area contributed by atoms with Crippen molar-refractivity contribution in [2.75, 3.05) is 19.6 Å². The molecule has 1 spiro atoms. The van der Waals surface area contributed by atoms with Crippen molar-refractivity contribution in [3.05, 3.63) is 46.4 Å². The first-order valence-corrected chi connectivity index (χ1v) is 12.6. The van der Waals surface area contributed by atoms with Crippen LogP contribution < -0.4 is 4.74 Å². The maximum Gasteiger partial charge on any atom is 0.231 e. The van der Waals surface area contributed by atoms with Crippen molar-refractivity contribution in [1.82, 2.24) is 14.8 Å². The summed E-state index contributed by atoms with van der Waals surface area (Å²) in [6.45, 7) is 7.61. The predicted molar refractivity (Wildman–Crippen MR) is 123 cm³/mol. The first-order chi connectivity index (χ1) is 15.0. The monoisotopic (exact) mass is 439 g/mol. The van der Waals surface area contributed by atoms with Crippen LogP contribution in [0.15, 0.2) is 35.8 Å². The fourth-order valence-electron chi connectivity index (χ4n) is 5.90. The highest BCUT2D eigenvalue weighted by atomic mass is 32.1. The van der Waals surface area contributed by atoms with E-state index < -0.39 is 0 Å². The number of carbonyl (C=O) groups is 1. The lowest BCUT2D eigenvalue weighted by Crippen LogP contribution is -2.43. The molecule has 1 amide bonds. The van der Waals surface area contributed by atoms with E-state index in [4.69, 9.17) is 4.74 Å². The normalized spacial score (nSPS) is 27.3. The number of hydrogen-bond acceptors (Lipinski definition) is 5. The first-order valence-electron chi connectivity index (χ1n) is 11.7. The summed E-state index contributed by atoms with van der Waals surface area (Å²) < 4.78 is 5.79. The van der Waals surface area contributed by atoms with Crippen LogP contribution in [0.4, 0.5) is 0 Å². The van der Waals surface area contributed by atoms with Crippen LogP contribution >= 0.6 is 11.3 Å². The summed E-state index contributed by atoms with van der Waals surface area (Å²) in [6.07, 6.45) is 7.91. The molecule has 3 fully saturated rings. The van der Waals surface area contributed by atoms with Crippen molar-refractivity contribution >= 4 is 17.2 Å². The van der Waals surface area contributed by atoms with Crippen molar-refractivity contribution in [2.45, 2.75) is 70.6 Å². The average Bonchev–Trinajstić information content (AvgIpc) is 3.53. The molecule has 2 aromatic rings. The molecule has 3 heterocycles. The number of benzene rings is 1. The van der Waals surface area contributed by atoms with Gasteiger partial charge in [0.2, 0.25) is 5.91 Å². The minimum Gasteiger partial charge on any atom is -0.491 e. The zero-order valence-electron chi connectivity index (χ0n) is 18.6. The third-order valence-electron chi connectivity index (χ3n) is 7.32. The second-order valence-electron chi connectivity index (χ2n) is 9.75. The van der Waals surface area contributed by atoms with E-state index in [2.05, 4.69) is 39.0 Å². The number of likely N-dealkylation sites (tertiary alicyclic amines) is 2. The Morgan fingerprint density at radius 2 is 2.00 bits per heavy atom. The van der Waals surface area contributed by atoms with E-state index in [1.54, 1.807) is 11.3 Å². The fraction of sp³-hybridized carbons (Fsp3) is 0.600. The molecule has 2 saturated heterocycles. The van der Waals surface area contributed by atoms with Crippen molar-refractivity contribution in [3.63, 3.8) is 0 Å². The molecule has 2 aliphatic heterocycles. The molecule has 1 aliphatic carbocycles. The number of thiazole rings is 1. The summed E-state index contributed by atoms with van der Waals surface area (Å²) >= 11 is 1.71. The number of carbonyl (C=O) groups excluding carboxylic acids is 1. The molecule has 1 saturated carbocycles. The molecular weight excluding hydrogens is 406 g/mol. The summed E-state index contributed by atoms with van der Waals surface area (Å²) in [4.78, 5) is 23.2. The van der Waals surface area contributed by atoms with Crippen LogP contribution in [-0.4, -0.2) is 52.5 Å². The number of ether oxygens (including phenoxy) is 1. The number of hydrogen-bond donors (Lipinski definition) is 0. The number of amides is 1. The lowest BCUT2D eigenvalue weighted by molar-refractivity contribution is -0.138. The largest absolute Gasteiger partial charge is 0.491 e. The van der Waals surface area contributed by atoms with E-state index in [1.807, 2.05) is 25.4 Å². The van der Waals surface area contributed by atoms with Crippen LogP contribution in [0.5, 0.6) is 5.75 Å². The first kappa shape index (κ1) is 21.0. The van der Waals surface area contributed by atoms with E-state index in [-0.39, 0.29) is 17.4 Å². The van der Waals surface area contributed by atoms with E-state index in [0.29, 0.717) is 11.9 Å². The Bertz CT molecular complexity index is 892. The molecule has 0 unspecified atom stereocenters. The highest BCUT2D eigenvalue weighted by Gasteiger charge is 2.58. The van der Waals surface area contributed by atoms with Crippen LogP contribution in [0.1, 0.15) is 62.4 Å². The summed E-state index contributed by atoms with van der Waals surface area (Å²) in [7, 11) is 0. The average molecular weight is 440 g/mol. The zero-order valence-corrected chi connectivity index (χ0v) is 19.4. The standard InChI is InChI=1S/C25H33N3O2S/c1-18(2)30-21-9-7-19(8-10-21)15-27-16-22(23-26-12-14-31-23)25(17-27)11-13-28(24(25)29)20-5-3-4-6-20/h7-10,12,14,18,20,22H,3-6,11,13,15-17H2,1-2H3/t22-,25+/m0/s1. The smallest absolute Gasteiger partial charge is 0.231 e. The minimum atomic E-state index is -0.304. The van der Waals surface area contributed by atoms with Crippen LogP contribution in [0.3, 0.4) is 0 Å². The summed E-state index contributed by atoms with van der Waals surface area (Å²) in [5.41, 5.74) is 0.963. The van der Waals surface area contributed by atoms with Gasteiger partial charge in [0.25, 0.3) is 0 Å². The van der Waals surface area contributed by atoms with Gasteiger partial charge in [-0.15, -0.1) is 11.3 Å². The van der Waals surface area contributed by atoms with Gasteiger partial charge < -0.3 is 9.64 Å². The maximum absolute atomic E-state index is 13.8. The topological polar surface area (TPSA) is 45.7 Å². The van der Waals surface area contributed by atoms with E-state index >= 15 is 0 Å². The molecule has 0 bridgehead atoms. The van der Waals surface area contributed by atoms with Gasteiger partial charge in [-0.3, -0.25) is 9.69 Å². The quantitative estimate of drug-likeness (QED) is 0.655. The van der Waals surface area contributed by atoms with Gasteiger partial charge in [-0.2, -0.15) is 0 Å². The van der Waals surface area contributed by atoms with Gasteiger partial charge >= 0.3 is 0 Å². The Morgan fingerprint density at radius 1 is 1.23 bits per heavy atom. The number of aromatic nitrogens is 1. The maximum atomic E-state index is 13.8. The van der Waals surface area contributed by atoms with Crippen LogP contribution in [0.2, 0.25) is 0 Å². The van der Waals surface area contributed by atoms with Gasteiger partial charge in [0, 0.05) is 49.7 Å². The summed E-state index contributed by atoms with van der Waals surface area (Å²) in [5, 5.41) is 3.18. The molecule has 0 radical (unpaired) electrons. The Morgan fingerprint density at radius 3 is 2.68 bits per heavy atom. The van der Waals surface area contributed by atoms with Crippen LogP contribution in [-0.2, 0) is 11.3 Å². The minimum absolute atomic E-state index is 0.180. The Labute approximate surface area is 189 Å². The van der Waals surface area contributed by atoms with Crippen molar-refractivity contribution in [2.24, 2.45) is 5.41 Å². The molecule has 31 heavy (non-hydrogen) atoms. The molecule has 2 atom stereocenters. The second-order valence-corrected chi connectivity index (χ2v) is 10.7. The highest BCUT2D eigenvalue weighted by molar-refractivity contribution is 7.09. The molecule has 0 N–H and O–H groups in total. The number of nitrogens with zero attached hydrogens (tertiary/aromatic N) is 3. The Balaban J connectivity index is 1.35. The molecule has 5 nitrogen and oxygen atoms in total. The van der Waals surface area contributed by atoms with Crippen molar-refractivity contribution < 1.29 is 9.53 Å². The zero-order chi connectivity index (χ0) is 21.4. The third kappa shape index (κ3) is 4.00. The summed E-state index contributed by atoms with van der Waals surface area (Å²) in [5.74, 6) is 1.51.